The minimum absolute atomic E-state index is 0.0270. The first-order chi connectivity index (χ1) is 9.38. The molecule has 0 spiro atoms. The topological polar surface area (TPSA) is 77.5 Å². The highest BCUT2D eigenvalue weighted by atomic mass is 35.5. The van der Waals surface area contributed by atoms with Gasteiger partial charge in [0.1, 0.15) is 0 Å². The molecule has 7 heteroatoms. The van der Waals surface area contributed by atoms with Gasteiger partial charge in [-0.1, -0.05) is 19.1 Å². The van der Waals surface area contributed by atoms with E-state index >= 15 is 0 Å². The van der Waals surface area contributed by atoms with Gasteiger partial charge in [0.2, 0.25) is 0 Å². The van der Waals surface area contributed by atoms with Crippen LogP contribution in [0.2, 0.25) is 0 Å². The van der Waals surface area contributed by atoms with Gasteiger partial charge >= 0.3 is 5.97 Å². The Morgan fingerprint density at radius 2 is 1.80 bits per heavy atom. The van der Waals surface area contributed by atoms with Gasteiger partial charge in [-0.25, -0.2) is 8.42 Å². The van der Waals surface area contributed by atoms with E-state index in [1.165, 1.54) is 24.3 Å². The van der Waals surface area contributed by atoms with Crippen LogP contribution in [0.25, 0.3) is 0 Å². The number of carbonyl (C=O) groups is 2. The van der Waals surface area contributed by atoms with Crippen LogP contribution in [0.15, 0.2) is 29.2 Å². The number of carbonyl (C=O) groups excluding carboxylic acids is 2. The molecule has 0 fully saturated rings. The van der Waals surface area contributed by atoms with Gasteiger partial charge in [-0.05, 0) is 18.6 Å². The normalized spacial score (nSPS) is 12.8. The molecular formula is C13H15ClO5S. The van der Waals surface area contributed by atoms with E-state index in [4.69, 9.17) is 11.6 Å². The quantitative estimate of drug-likeness (QED) is 0.454. The summed E-state index contributed by atoms with van der Waals surface area (Å²) in [6.07, 6.45) is 0.109. The van der Waals surface area contributed by atoms with E-state index < -0.39 is 21.1 Å². The fourth-order valence-electron chi connectivity index (χ4n) is 1.72. The molecule has 1 aromatic rings. The standard InChI is InChI=1S/C13H15ClO5S/c1-3-12(13(16)19-2)20(17,18)10-6-4-9(5-7-10)11(15)8-14/h4-7,12H,3,8H2,1-2H3. The van der Waals surface area contributed by atoms with E-state index in [1.807, 2.05) is 0 Å². The molecule has 1 rings (SSSR count). The van der Waals surface area contributed by atoms with Crippen molar-refractivity contribution < 1.29 is 22.7 Å². The number of rotatable bonds is 6. The highest BCUT2D eigenvalue weighted by Gasteiger charge is 2.33. The summed E-state index contributed by atoms with van der Waals surface area (Å²) in [6.45, 7) is 1.59. The monoisotopic (exact) mass is 318 g/mol. The van der Waals surface area contributed by atoms with Crippen molar-refractivity contribution in [2.75, 3.05) is 13.0 Å². The summed E-state index contributed by atoms with van der Waals surface area (Å²) in [6, 6.07) is 5.34. The molecule has 0 bridgehead atoms. The Morgan fingerprint density at radius 3 is 2.20 bits per heavy atom. The summed E-state index contributed by atoms with van der Waals surface area (Å²) in [5.74, 6) is -1.27. The molecule has 0 N–H and O–H groups in total. The van der Waals surface area contributed by atoms with Gasteiger partial charge in [-0.2, -0.15) is 0 Å². The van der Waals surface area contributed by atoms with Crippen LogP contribution in [0.1, 0.15) is 23.7 Å². The first kappa shape index (κ1) is 16.7. The maximum absolute atomic E-state index is 12.3. The minimum Gasteiger partial charge on any atom is -0.468 e. The second-order valence-corrected chi connectivity index (χ2v) is 6.44. The third-order valence-electron chi connectivity index (χ3n) is 2.84. The van der Waals surface area contributed by atoms with Crippen molar-refractivity contribution >= 4 is 33.2 Å². The number of benzene rings is 1. The lowest BCUT2D eigenvalue weighted by Crippen LogP contribution is -2.30. The van der Waals surface area contributed by atoms with Gasteiger partial charge in [0.05, 0.1) is 17.9 Å². The second kappa shape index (κ2) is 6.85. The summed E-state index contributed by atoms with van der Waals surface area (Å²) in [7, 11) is -2.69. The van der Waals surface area contributed by atoms with E-state index in [9.17, 15) is 18.0 Å². The zero-order valence-electron chi connectivity index (χ0n) is 11.1. The smallest absolute Gasteiger partial charge is 0.324 e. The van der Waals surface area contributed by atoms with Crippen LogP contribution in [0.4, 0.5) is 0 Å². The zero-order chi connectivity index (χ0) is 15.3. The predicted octanol–water partition coefficient (Wildman–Crippen LogP) is 1.83. The van der Waals surface area contributed by atoms with Crippen molar-refractivity contribution in [3.8, 4) is 0 Å². The van der Waals surface area contributed by atoms with Crippen LogP contribution in [-0.4, -0.2) is 38.4 Å². The van der Waals surface area contributed by atoms with Gasteiger partial charge in [0, 0.05) is 5.56 Å². The molecule has 0 aromatic heterocycles. The zero-order valence-corrected chi connectivity index (χ0v) is 12.7. The summed E-state index contributed by atoms with van der Waals surface area (Å²) in [5.41, 5.74) is 0.324. The molecule has 0 saturated carbocycles. The number of esters is 1. The molecule has 1 aromatic carbocycles. The summed E-state index contributed by atoms with van der Waals surface area (Å²) in [4.78, 5) is 22.8. The number of sulfone groups is 1. The largest absolute Gasteiger partial charge is 0.468 e. The Bertz CT molecular complexity index is 592. The van der Waals surface area contributed by atoms with Gasteiger partial charge in [-0.15, -0.1) is 11.6 Å². The number of hydrogen-bond acceptors (Lipinski definition) is 5. The van der Waals surface area contributed by atoms with E-state index in [0.29, 0.717) is 5.56 Å². The van der Waals surface area contributed by atoms with Gasteiger partial charge < -0.3 is 4.74 Å². The van der Waals surface area contributed by atoms with Crippen molar-refractivity contribution in [2.24, 2.45) is 0 Å². The first-order valence-electron chi connectivity index (χ1n) is 5.89. The van der Waals surface area contributed by atoms with Crippen LogP contribution in [0.3, 0.4) is 0 Å². The third-order valence-corrected chi connectivity index (χ3v) is 5.28. The first-order valence-corrected chi connectivity index (χ1v) is 7.97. The van der Waals surface area contributed by atoms with E-state index in [1.54, 1.807) is 6.92 Å². The highest BCUT2D eigenvalue weighted by molar-refractivity contribution is 7.92. The number of ketones is 1. The van der Waals surface area contributed by atoms with Crippen molar-refractivity contribution in [3.63, 3.8) is 0 Å². The van der Waals surface area contributed by atoms with Crippen LogP contribution < -0.4 is 0 Å². The third kappa shape index (κ3) is 3.37. The number of Topliss-reactive ketones (excluding diaryl/α,β-unsaturated/α-hetero) is 1. The Morgan fingerprint density at radius 1 is 1.25 bits per heavy atom. The number of hydrogen-bond donors (Lipinski definition) is 0. The molecule has 0 aliphatic rings. The fraction of sp³-hybridized carbons (Fsp3) is 0.385. The molecule has 0 heterocycles. The second-order valence-electron chi connectivity index (χ2n) is 4.05. The number of alkyl halides is 1. The van der Waals surface area contributed by atoms with Gasteiger partial charge in [0.15, 0.2) is 20.9 Å². The van der Waals surface area contributed by atoms with Gasteiger partial charge in [-0.3, -0.25) is 9.59 Å². The molecule has 5 nitrogen and oxygen atoms in total. The molecule has 0 radical (unpaired) electrons. The number of ether oxygens (including phenoxy) is 1. The highest BCUT2D eigenvalue weighted by Crippen LogP contribution is 2.20. The average Bonchev–Trinajstić information content (AvgIpc) is 2.46. The number of methoxy groups -OCH3 is 1. The minimum atomic E-state index is -3.83. The van der Waals surface area contributed by atoms with Crippen molar-refractivity contribution in [1.82, 2.24) is 0 Å². The SMILES string of the molecule is CCC(C(=O)OC)S(=O)(=O)c1ccc(C(=O)CCl)cc1. The van der Waals surface area contributed by atoms with Crippen LogP contribution in [-0.2, 0) is 19.4 Å². The van der Waals surface area contributed by atoms with Crippen molar-refractivity contribution in [2.45, 2.75) is 23.5 Å². The molecule has 0 aliphatic carbocycles. The van der Waals surface area contributed by atoms with Crippen LogP contribution >= 0.6 is 11.6 Å². The molecular weight excluding hydrogens is 304 g/mol. The van der Waals surface area contributed by atoms with E-state index in [0.717, 1.165) is 7.11 Å². The average molecular weight is 319 g/mol. The van der Waals surface area contributed by atoms with Crippen molar-refractivity contribution in [1.29, 1.82) is 0 Å². The summed E-state index contributed by atoms with van der Waals surface area (Å²) in [5, 5.41) is -1.25. The maximum atomic E-state index is 12.3. The van der Waals surface area contributed by atoms with Gasteiger partial charge in [0.25, 0.3) is 0 Å². The fourth-order valence-corrected chi connectivity index (χ4v) is 3.50. The Balaban J connectivity index is 3.15. The number of halogens is 1. The maximum Gasteiger partial charge on any atom is 0.324 e. The molecule has 0 aliphatic heterocycles. The molecule has 0 saturated heterocycles. The summed E-state index contributed by atoms with van der Waals surface area (Å²) < 4.78 is 29.1. The molecule has 20 heavy (non-hydrogen) atoms. The summed E-state index contributed by atoms with van der Waals surface area (Å²) >= 11 is 5.42. The Labute approximate surface area is 122 Å². The molecule has 0 amide bonds. The molecule has 1 atom stereocenters. The van der Waals surface area contributed by atoms with E-state index in [2.05, 4.69) is 4.74 Å². The lowest BCUT2D eigenvalue weighted by atomic mass is 10.1. The molecule has 1 unspecified atom stereocenters. The lowest BCUT2D eigenvalue weighted by molar-refractivity contribution is -0.140. The van der Waals surface area contributed by atoms with Crippen molar-refractivity contribution in [3.05, 3.63) is 29.8 Å². The predicted molar refractivity (Wildman–Crippen MR) is 74.8 cm³/mol. The lowest BCUT2D eigenvalue weighted by Gasteiger charge is -2.13. The van der Waals surface area contributed by atoms with Crippen LogP contribution in [0, 0.1) is 0 Å². The Kier molecular flexibility index (Phi) is 5.71. The molecule has 110 valence electrons. The van der Waals surface area contributed by atoms with E-state index in [-0.39, 0.29) is 23.0 Å². The Hall–Kier alpha value is -1.40. The van der Waals surface area contributed by atoms with Crippen LogP contribution in [0.5, 0.6) is 0 Å².